The van der Waals surface area contributed by atoms with Crippen LogP contribution in [0.1, 0.15) is 25.7 Å². The fourth-order valence-corrected chi connectivity index (χ4v) is 2.83. The van der Waals surface area contributed by atoms with Gasteiger partial charge in [-0.25, -0.2) is 0 Å². The summed E-state index contributed by atoms with van der Waals surface area (Å²) in [7, 11) is 0. The summed E-state index contributed by atoms with van der Waals surface area (Å²) >= 11 is 5.99. The van der Waals surface area contributed by atoms with Crippen molar-refractivity contribution in [3.05, 3.63) is 5.28 Å². The van der Waals surface area contributed by atoms with Crippen molar-refractivity contribution in [2.24, 2.45) is 5.92 Å². The van der Waals surface area contributed by atoms with E-state index < -0.39 is 0 Å². The Balaban J connectivity index is 1.57. The van der Waals surface area contributed by atoms with Crippen molar-refractivity contribution in [2.45, 2.75) is 25.7 Å². The quantitative estimate of drug-likeness (QED) is 0.896. The van der Waals surface area contributed by atoms with Gasteiger partial charge in [0.2, 0.25) is 17.2 Å². The molecular weight excluding hydrogens is 278 g/mol. The zero-order valence-electron chi connectivity index (χ0n) is 11.5. The molecule has 110 valence electrons. The van der Waals surface area contributed by atoms with E-state index in [1.807, 2.05) is 0 Å². The van der Waals surface area contributed by atoms with Gasteiger partial charge in [-0.3, -0.25) is 0 Å². The molecule has 1 atom stereocenters. The molecule has 3 heterocycles. The normalized spacial score (nSPS) is 22.4. The first-order valence-corrected chi connectivity index (χ1v) is 7.67. The third-order valence-electron chi connectivity index (χ3n) is 3.84. The standard InChI is InChI=1S/C13H20ClN5O/c14-11-16-12(15-5-3-10-4-8-20-9-10)18-13(17-11)19-6-1-2-7-19/h10H,1-9H2,(H,15,16,17,18). The van der Waals surface area contributed by atoms with Gasteiger partial charge in [0, 0.05) is 32.8 Å². The molecule has 6 nitrogen and oxygen atoms in total. The molecule has 2 aliphatic rings. The van der Waals surface area contributed by atoms with Crippen LogP contribution in [-0.4, -0.2) is 47.8 Å². The highest BCUT2D eigenvalue weighted by atomic mass is 35.5. The molecule has 1 aromatic rings. The van der Waals surface area contributed by atoms with Gasteiger partial charge in [-0.05, 0) is 43.2 Å². The van der Waals surface area contributed by atoms with E-state index in [-0.39, 0.29) is 5.28 Å². The second-order valence-corrected chi connectivity index (χ2v) is 5.71. The summed E-state index contributed by atoms with van der Waals surface area (Å²) in [6, 6.07) is 0. The summed E-state index contributed by atoms with van der Waals surface area (Å²) < 4.78 is 5.37. The first kappa shape index (κ1) is 13.8. The molecule has 1 unspecified atom stereocenters. The van der Waals surface area contributed by atoms with Crippen LogP contribution >= 0.6 is 11.6 Å². The van der Waals surface area contributed by atoms with Crippen LogP contribution in [-0.2, 0) is 4.74 Å². The van der Waals surface area contributed by atoms with Crippen LogP contribution in [0.4, 0.5) is 11.9 Å². The minimum absolute atomic E-state index is 0.258. The Bertz CT molecular complexity index is 446. The number of anilines is 2. The highest BCUT2D eigenvalue weighted by Gasteiger charge is 2.18. The monoisotopic (exact) mass is 297 g/mol. The number of halogens is 1. The van der Waals surface area contributed by atoms with Gasteiger partial charge in [0.1, 0.15) is 0 Å². The van der Waals surface area contributed by atoms with E-state index in [1.54, 1.807) is 0 Å². The third kappa shape index (κ3) is 3.49. The van der Waals surface area contributed by atoms with Crippen molar-refractivity contribution < 1.29 is 4.74 Å². The maximum absolute atomic E-state index is 5.99. The summed E-state index contributed by atoms with van der Waals surface area (Å²) in [4.78, 5) is 15.0. The lowest BCUT2D eigenvalue weighted by atomic mass is 10.1. The van der Waals surface area contributed by atoms with Crippen LogP contribution in [0.2, 0.25) is 5.28 Å². The molecule has 20 heavy (non-hydrogen) atoms. The van der Waals surface area contributed by atoms with E-state index in [1.165, 1.54) is 12.8 Å². The zero-order valence-corrected chi connectivity index (χ0v) is 12.3. The number of ether oxygens (including phenoxy) is 1. The summed E-state index contributed by atoms with van der Waals surface area (Å²) in [6.07, 6.45) is 4.60. The lowest BCUT2D eigenvalue weighted by Gasteiger charge is -2.16. The van der Waals surface area contributed by atoms with Crippen LogP contribution in [0, 0.1) is 5.92 Å². The minimum Gasteiger partial charge on any atom is -0.381 e. The average molecular weight is 298 g/mol. The fraction of sp³-hybridized carbons (Fsp3) is 0.769. The lowest BCUT2D eigenvalue weighted by molar-refractivity contribution is 0.185. The average Bonchev–Trinajstić information content (AvgIpc) is 3.11. The maximum atomic E-state index is 5.99. The van der Waals surface area contributed by atoms with Crippen molar-refractivity contribution in [3.63, 3.8) is 0 Å². The van der Waals surface area contributed by atoms with Crippen LogP contribution in [0.15, 0.2) is 0 Å². The summed E-state index contributed by atoms with van der Waals surface area (Å²) in [6.45, 7) is 4.60. The van der Waals surface area contributed by atoms with Gasteiger partial charge in [0.25, 0.3) is 0 Å². The van der Waals surface area contributed by atoms with Gasteiger partial charge in [-0.15, -0.1) is 0 Å². The van der Waals surface area contributed by atoms with Gasteiger partial charge < -0.3 is 15.0 Å². The predicted molar refractivity (Wildman–Crippen MR) is 78.3 cm³/mol. The number of nitrogens with one attached hydrogen (secondary N) is 1. The van der Waals surface area contributed by atoms with Crippen LogP contribution < -0.4 is 10.2 Å². The predicted octanol–water partition coefficient (Wildman–Crippen LogP) is 1.96. The molecule has 3 rings (SSSR count). The Kier molecular flexibility index (Phi) is 4.52. The largest absolute Gasteiger partial charge is 0.381 e. The number of hydrogen-bond acceptors (Lipinski definition) is 6. The van der Waals surface area contributed by atoms with E-state index in [9.17, 15) is 0 Å². The van der Waals surface area contributed by atoms with E-state index in [0.29, 0.717) is 17.8 Å². The second kappa shape index (κ2) is 6.54. The molecule has 0 radical (unpaired) electrons. The molecule has 0 spiro atoms. The molecule has 0 saturated carbocycles. The summed E-state index contributed by atoms with van der Waals surface area (Å²) in [5, 5.41) is 3.51. The van der Waals surface area contributed by atoms with E-state index in [0.717, 1.165) is 45.7 Å². The Morgan fingerprint density at radius 3 is 2.85 bits per heavy atom. The van der Waals surface area contributed by atoms with Crippen molar-refractivity contribution >= 4 is 23.5 Å². The highest BCUT2D eigenvalue weighted by Crippen LogP contribution is 2.19. The van der Waals surface area contributed by atoms with E-state index in [4.69, 9.17) is 16.3 Å². The van der Waals surface area contributed by atoms with Crippen molar-refractivity contribution in [3.8, 4) is 0 Å². The van der Waals surface area contributed by atoms with Crippen molar-refractivity contribution in [2.75, 3.05) is 43.1 Å². The highest BCUT2D eigenvalue weighted by molar-refractivity contribution is 6.28. The van der Waals surface area contributed by atoms with Crippen molar-refractivity contribution in [1.82, 2.24) is 15.0 Å². The van der Waals surface area contributed by atoms with Crippen LogP contribution in [0.25, 0.3) is 0 Å². The maximum Gasteiger partial charge on any atom is 0.231 e. The van der Waals surface area contributed by atoms with Crippen LogP contribution in [0.3, 0.4) is 0 Å². The fourth-order valence-electron chi connectivity index (χ4n) is 2.68. The second-order valence-electron chi connectivity index (χ2n) is 5.37. The summed E-state index contributed by atoms with van der Waals surface area (Å²) in [5.41, 5.74) is 0. The van der Waals surface area contributed by atoms with Crippen LogP contribution in [0.5, 0.6) is 0 Å². The first-order valence-electron chi connectivity index (χ1n) is 7.29. The number of rotatable bonds is 5. The van der Waals surface area contributed by atoms with E-state index >= 15 is 0 Å². The third-order valence-corrected chi connectivity index (χ3v) is 4.01. The Morgan fingerprint density at radius 2 is 2.10 bits per heavy atom. The van der Waals surface area contributed by atoms with E-state index in [2.05, 4.69) is 25.2 Å². The number of aromatic nitrogens is 3. The molecule has 2 saturated heterocycles. The van der Waals surface area contributed by atoms with Gasteiger partial charge in [0.15, 0.2) is 0 Å². The Labute approximate surface area is 123 Å². The SMILES string of the molecule is Clc1nc(NCCC2CCOC2)nc(N2CCCC2)n1. The molecule has 0 aromatic carbocycles. The Morgan fingerprint density at radius 1 is 1.25 bits per heavy atom. The topological polar surface area (TPSA) is 63.2 Å². The molecule has 2 aliphatic heterocycles. The van der Waals surface area contributed by atoms with Gasteiger partial charge in [-0.1, -0.05) is 0 Å². The number of nitrogens with zero attached hydrogens (tertiary/aromatic N) is 4. The Hall–Kier alpha value is -1.14. The molecular formula is C13H20ClN5O. The lowest BCUT2D eigenvalue weighted by Crippen LogP contribution is -2.22. The summed E-state index contributed by atoms with van der Waals surface area (Å²) in [5.74, 6) is 1.91. The molecule has 1 N–H and O–H groups in total. The minimum atomic E-state index is 0.258. The number of hydrogen-bond donors (Lipinski definition) is 1. The molecule has 1 aromatic heterocycles. The van der Waals surface area contributed by atoms with Gasteiger partial charge in [-0.2, -0.15) is 15.0 Å². The van der Waals surface area contributed by atoms with Crippen molar-refractivity contribution in [1.29, 1.82) is 0 Å². The smallest absolute Gasteiger partial charge is 0.231 e. The molecule has 2 fully saturated rings. The molecule has 7 heteroatoms. The molecule has 0 aliphatic carbocycles. The van der Waals surface area contributed by atoms with Gasteiger partial charge >= 0.3 is 0 Å². The molecule has 0 amide bonds. The zero-order chi connectivity index (χ0) is 13.8. The molecule has 0 bridgehead atoms. The van der Waals surface area contributed by atoms with Gasteiger partial charge in [0.05, 0.1) is 0 Å². The first-order chi connectivity index (χ1) is 9.81.